The molecule has 0 aliphatic carbocycles. The first kappa shape index (κ1) is 8.40. The lowest BCUT2D eigenvalue weighted by atomic mass is 10.1. The maximum atomic E-state index is 11.0. The van der Waals surface area contributed by atoms with Gasteiger partial charge < -0.3 is 0 Å². The van der Waals surface area contributed by atoms with E-state index >= 15 is 0 Å². The van der Waals surface area contributed by atoms with Crippen LogP contribution in [0.2, 0.25) is 0 Å². The normalized spacial score (nSPS) is 38.2. The molecule has 1 fully saturated rings. The molecule has 4 heteroatoms. The Morgan fingerprint density at radius 1 is 1.50 bits per heavy atom. The quantitative estimate of drug-likeness (QED) is 0.602. The lowest BCUT2D eigenvalue weighted by Gasteiger charge is -2.17. The van der Waals surface area contributed by atoms with E-state index in [0.29, 0.717) is 11.5 Å². The van der Waals surface area contributed by atoms with Gasteiger partial charge in [-0.3, -0.25) is 0 Å². The van der Waals surface area contributed by atoms with Gasteiger partial charge in [-0.1, -0.05) is 0 Å². The summed E-state index contributed by atoms with van der Waals surface area (Å²) in [5.41, 5.74) is 0. The SMILES string of the molecule is CS[C@]1(C)CCS(=O)(=O)C1. The first-order valence-electron chi connectivity index (χ1n) is 3.23. The Labute approximate surface area is 66.3 Å². The Morgan fingerprint density at radius 2 is 2.10 bits per heavy atom. The smallest absolute Gasteiger partial charge is 0.151 e. The van der Waals surface area contributed by atoms with Gasteiger partial charge in [-0.2, -0.15) is 11.8 Å². The number of thioether (sulfide) groups is 1. The molecule has 1 rings (SSSR count). The standard InChI is InChI=1S/C6H12O2S2/c1-6(9-2)3-4-10(7,8)5-6/h3-5H2,1-2H3/t6-/m1/s1. The zero-order valence-electron chi connectivity index (χ0n) is 6.25. The predicted molar refractivity (Wildman–Crippen MR) is 45.2 cm³/mol. The third kappa shape index (κ3) is 1.66. The third-order valence-electron chi connectivity index (χ3n) is 1.96. The minimum absolute atomic E-state index is 0.00116. The van der Waals surface area contributed by atoms with Crippen molar-refractivity contribution in [2.45, 2.75) is 18.1 Å². The molecule has 0 spiro atoms. The number of hydrogen-bond donors (Lipinski definition) is 0. The van der Waals surface area contributed by atoms with Crippen molar-refractivity contribution in [2.24, 2.45) is 0 Å². The highest BCUT2D eigenvalue weighted by atomic mass is 32.2. The fourth-order valence-electron chi connectivity index (χ4n) is 1.14. The van der Waals surface area contributed by atoms with E-state index in [4.69, 9.17) is 0 Å². The van der Waals surface area contributed by atoms with Crippen LogP contribution in [0.25, 0.3) is 0 Å². The van der Waals surface area contributed by atoms with Gasteiger partial charge in [0.25, 0.3) is 0 Å². The maximum absolute atomic E-state index is 11.0. The summed E-state index contributed by atoms with van der Waals surface area (Å²) in [7, 11) is -2.69. The first-order valence-corrected chi connectivity index (χ1v) is 6.28. The van der Waals surface area contributed by atoms with Crippen LogP contribution in [0.5, 0.6) is 0 Å². The lowest BCUT2D eigenvalue weighted by Crippen LogP contribution is -2.20. The van der Waals surface area contributed by atoms with Crippen LogP contribution >= 0.6 is 11.8 Å². The molecule has 0 amide bonds. The summed E-state index contributed by atoms with van der Waals surface area (Å²) < 4.78 is 22.0. The van der Waals surface area contributed by atoms with E-state index in [1.165, 1.54) is 0 Å². The Kier molecular flexibility index (Phi) is 2.02. The lowest BCUT2D eigenvalue weighted by molar-refractivity contribution is 0.601. The van der Waals surface area contributed by atoms with E-state index in [9.17, 15) is 8.42 Å². The van der Waals surface area contributed by atoms with Crippen molar-refractivity contribution in [3.05, 3.63) is 0 Å². The fourth-order valence-corrected chi connectivity index (χ4v) is 4.57. The van der Waals surface area contributed by atoms with Gasteiger partial charge in [-0.25, -0.2) is 8.42 Å². The first-order chi connectivity index (χ1) is 4.47. The van der Waals surface area contributed by atoms with E-state index in [2.05, 4.69) is 0 Å². The molecule has 2 nitrogen and oxygen atoms in total. The van der Waals surface area contributed by atoms with Gasteiger partial charge in [0, 0.05) is 4.75 Å². The van der Waals surface area contributed by atoms with Crippen molar-refractivity contribution >= 4 is 21.6 Å². The van der Waals surface area contributed by atoms with E-state index in [0.717, 1.165) is 6.42 Å². The minimum Gasteiger partial charge on any atom is -0.229 e. The Bertz CT molecular complexity index is 220. The molecule has 0 saturated carbocycles. The molecule has 1 atom stereocenters. The Morgan fingerprint density at radius 3 is 2.30 bits per heavy atom. The van der Waals surface area contributed by atoms with Gasteiger partial charge >= 0.3 is 0 Å². The summed E-state index contributed by atoms with van der Waals surface area (Å²) in [5, 5.41) is 0. The second-order valence-corrected chi connectivity index (χ2v) is 6.57. The molecule has 60 valence electrons. The Balaban J connectivity index is 2.76. The van der Waals surface area contributed by atoms with Gasteiger partial charge in [0.05, 0.1) is 11.5 Å². The molecule has 1 aliphatic rings. The third-order valence-corrected chi connectivity index (χ3v) is 5.38. The monoisotopic (exact) mass is 180 g/mol. The zero-order chi connectivity index (χ0) is 7.83. The highest BCUT2D eigenvalue weighted by Gasteiger charge is 2.37. The zero-order valence-corrected chi connectivity index (χ0v) is 7.89. The van der Waals surface area contributed by atoms with Crippen LogP contribution in [0, 0.1) is 0 Å². The second-order valence-electron chi connectivity index (χ2n) is 3.00. The number of sulfone groups is 1. The molecule has 0 aromatic heterocycles. The van der Waals surface area contributed by atoms with Crippen LogP contribution in [-0.4, -0.2) is 30.9 Å². The van der Waals surface area contributed by atoms with Crippen LogP contribution in [0.1, 0.15) is 13.3 Å². The largest absolute Gasteiger partial charge is 0.229 e. The highest BCUT2D eigenvalue weighted by molar-refractivity contribution is 8.02. The summed E-state index contributed by atoms with van der Waals surface area (Å²) in [6.07, 6.45) is 2.79. The van der Waals surface area contributed by atoms with Gasteiger partial charge in [0.15, 0.2) is 9.84 Å². The molecule has 0 unspecified atom stereocenters. The van der Waals surface area contributed by atoms with Crippen molar-refractivity contribution in [3.63, 3.8) is 0 Å². The van der Waals surface area contributed by atoms with Gasteiger partial charge in [-0.15, -0.1) is 0 Å². The van der Waals surface area contributed by atoms with Crippen LogP contribution in [-0.2, 0) is 9.84 Å². The van der Waals surface area contributed by atoms with Crippen LogP contribution in [0.4, 0.5) is 0 Å². The van der Waals surface area contributed by atoms with Gasteiger partial charge in [0.1, 0.15) is 0 Å². The summed E-state index contributed by atoms with van der Waals surface area (Å²) in [6, 6.07) is 0. The molecule has 0 radical (unpaired) electrons. The van der Waals surface area contributed by atoms with Crippen LogP contribution < -0.4 is 0 Å². The minimum atomic E-state index is -2.69. The molecule has 0 N–H and O–H groups in total. The Hall–Kier alpha value is 0.300. The molecule has 10 heavy (non-hydrogen) atoms. The van der Waals surface area contributed by atoms with Gasteiger partial charge in [-0.05, 0) is 19.6 Å². The summed E-state index contributed by atoms with van der Waals surface area (Å²) in [6.45, 7) is 2.02. The average Bonchev–Trinajstić information content (AvgIpc) is 2.08. The number of hydrogen-bond acceptors (Lipinski definition) is 3. The average molecular weight is 180 g/mol. The van der Waals surface area contributed by atoms with Crippen molar-refractivity contribution in [2.75, 3.05) is 17.8 Å². The topological polar surface area (TPSA) is 34.1 Å². The van der Waals surface area contributed by atoms with Crippen molar-refractivity contribution < 1.29 is 8.42 Å². The molecule has 0 bridgehead atoms. The van der Waals surface area contributed by atoms with Crippen molar-refractivity contribution in [1.29, 1.82) is 0 Å². The molecule has 0 aromatic rings. The van der Waals surface area contributed by atoms with E-state index < -0.39 is 9.84 Å². The summed E-state index contributed by atoms with van der Waals surface area (Å²) in [4.78, 5) is 0. The highest BCUT2D eigenvalue weighted by Crippen LogP contribution is 2.34. The van der Waals surface area contributed by atoms with E-state index in [1.807, 2.05) is 13.2 Å². The van der Waals surface area contributed by atoms with Crippen LogP contribution in [0.3, 0.4) is 0 Å². The summed E-state index contributed by atoms with van der Waals surface area (Å²) in [5.74, 6) is 0.742. The van der Waals surface area contributed by atoms with Crippen molar-refractivity contribution in [1.82, 2.24) is 0 Å². The maximum Gasteiger partial charge on any atom is 0.151 e. The van der Waals surface area contributed by atoms with Gasteiger partial charge in [0.2, 0.25) is 0 Å². The molecule has 1 heterocycles. The molecule has 1 saturated heterocycles. The van der Waals surface area contributed by atoms with E-state index in [-0.39, 0.29) is 4.75 Å². The molecule has 0 aromatic carbocycles. The van der Waals surface area contributed by atoms with E-state index in [1.54, 1.807) is 11.8 Å². The molecule has 1 aliphatic heterocycles. The van der Waals surface area contributed by atoms with Crippen molar-refractivity contribution in [3.8, 4) is 0 Å². The molecular formula is C6H12O2S2. The number of rotatable bonds is 1. The second kappa shape index (κ2) is 2.41. The predicted octanol–water partition coefficient (Wildman–Crippen LogP) is 0.927. The fraction of sp³-hybridized carbons (Fsp3) is 1.00. The molecular weight excluding hydrogens is 168 g/mol. The van der Waals surface area contributed by atoms with Crippen LogP contribution in [0.15, 0.2) is 0 Å². The summed E-state index contributed by atoms with van der Waals surface area (Å²) >= 11 is 1.66.